The summed E-state index contributed by atoms with van der Waals surface area (Å²) in [5, 5.41) is 0. The largest absolute Gasteiger partial charge is 0.310 e. The molecule has 1 unspecified atom stereocenters. The molecule has 0 spiro atoms. The van der Waals surface area contributed by atoms with Crippen LogP contribution >= 0.6 is 11.6 Å². The van der Waals surface area contributed by atoms with E-state index in [1.165, 1.54) is 25.9 Å². The Bertz CT molecular complexity index is 601. The summed E-state index contributed by atoms with van der Waals surface area (Å²) in [4.78, 5) is 11.7. The minimum Gasteiger partial charge on any atom is -0.310 e. The van der Waals surface area contributed by atoms with E-state index in [-0.39, 0.29) is 0 Å². The number of pyridine rings is 1. The second-order valence-corrected chi connectivity index (χ2v) is 5.93. The van der Waals surface area contributed by atoms with Gasteiger partial charge in [-0.3, -0.25) is 4.90 Å². The number of hydrogen-bond acceptors (Lipinski definition) is 3. The van der Waals surface area contributed by atoms with Crippen molar-refractivity contribution in [3.63, 3.8) is 0 Å². The maximum atomic E-state index is 6.07. The van der Waals surface area contributed by atoms with Crippen LogP contribution in [-0.2, 0) is 12.4 Å². The lowest BCUT2D eigenvalue weighted by Gasteiger charge is -2.24. The van der Waals surface area contributed by atoms with Gasteiger partial charge in [0.15, 0.2) is 5.65 Å². The summed E-state index contributed by atoms with van der Waals surface area (Å²) in [6, 6.07) is 2.50. The van der Waals surface area contributed by atoms with E-state index in [0.29, 0.717) is 11.9 Å². The molecule has 4 nitrogen and oxygen atoms in total. The van der Waals surface area contributed by atoms with Crippen molar-refractivity contribution in [3.05, 3.63) is 23.7 Å². The maximum Gasteiger partial charge on any atom is 0.160 e. The molecule has 0 saturated carbocycles. The predicted octanol–water partition coefficient (Wildman–Crippen LogP) is 2.96. The van der Waals surface area contributed by atoms with Gasteiger partial charge in [0.1, 0.15) is 11.3 Å². The second-order valence-electron chi connectivity index (χ2n) is 5.66. The molecule has 1 fully saturated rings. The molecule has 108 valence electrons. The van der Waals surface area contributed by atoms with Crippen molar-refractivity contribution in [1.29, 1.82) is 0 Å². The molecular weight excluding hydrogens is 272 g/mol. The van der Waals surface area contributed by atoms with E-state index >= 15 is 0 Å². The van der Waals surface area contributed by atoms with E-state index in [0.717, 1.165) is 29.1 Å². The first kappa shape index (κ1) is 13.8. The topological polar surface area (TPSA) is 34.0 Å². The highest BCUT2D eigenvalue weighted by atomic mass is 35.5. The van der Waals surface area contributed by atoms with Crippen LogP contribution in [0.3, 0.4) is 0 Å². The van der Waals surface area contributed by atoms with Gasteiger partial charge in [-0.05, 0) is 51.4 Å². The number of likely N-dealkylation sites (tertiary alicyclic amines) is 1. The van der Waals surface area contributed by atoms with E-state index in [4.69, 9.17) is 11.6 Å². The summed E-state index contributed by atoms with van der Waals surface area (Å²) < 4.78 is 2.19. The molecule has 1 aliphatic heterocycles. The van der Waals surface area contributed by atoms with Gasteiger partial charge in [0.05, 0.1) is 5.88 Å². The third-order valence-corrected chi connectivity index (χ3v) is 4.48. The van der Waals surface area contributed by atoms with Gasteiger partial charge in [0.2, 0.25) is 0 Å². The van der Waals surface area contributed by atoms with Gasteiger partial charge in [-0.2, -0.15) is 0 Å². The van der Waals surface area contributed by atoms with Crippen LogP contribution in [0.5, 0.6) is 0 Å². The van der Waals surface area contributed by atoms with E-state index in [1.54, 1.807) is 0 Å². The third-order valence-electron chi connectivity index (χ3n) is 4.25. The molecule has 0 amide bonds. The Labute approximate surface area is 124 Å². The molecule has 0 radical (unpaired) electrons. The van der Waals surface area contributed by atoms with Crippen molar-refractivity contribution in [1.82, 2.24) is 19.4 Å². The van der Waals surface area contributed by atoms with Crippen molar-refractivity contribution in [3.8, 4) is 0 Å². The lowest BCUT2D eigenvalue weighted by Crippen LogP contribution is -2.34. The molecule has 0 aromatic carbocycles. The molecule has 1 atom stereocenters. The van der Waals surface area contributed by atoms with E-state index in [1.807, 2.05) is 12.3 Å². The first-order chi connectivity index (χ1) is 9.70. The molecule has 2 aromatic rings. The molecule has 0 aliphatic carbocycles. The lowest BCUT2D eigenvalue weighted by molar-refractivity contribution is 0.236. The van der Waals surface area contributed by atoms with Crippen molar-refractivity contribution in [2.45, 2.75) is 45.2 Å². The standard InChI is InChI=1S/C15H21ClN4/c1-11-5-6-17-15-14(11)18-13(9-16)20(15)10-12(2)19-7-3-4-8-19/h5-6,12H,3-4,7-10H2,1-2H3. The predicted molar refractivity (Wildman–Crippen MR) is 82.1 cm³/mol. The molecule has 1 saturated heterocycles. The monoisotopic (exact) mass is 292 g/mol. The third kappa shape index (κ3) is 2.42. The van der Waals surface area contributed by atoms with Crippen molar-refractivity contribution < 1.29 is 0 Å². The van der Waals surface area contributed by atoms with Crippen LogP contribution in [0, 0.1) is 6.92 Å². The quantitative estimate of drug-likeness (QED) is 0.813. The summed E-state index contributed by atoms with van der Waals surface area (Å²) in [6.45, 7) is 7.68. The smallest absolute Gasteiger partial charge is 0.160 e. The lowest BCUT2D eigenvalue weighted by atomic mass is 10.2. The summed E-state index contributed by atoms with van der Waals surface area (Å²) >= 11 is 6.07. The normalized spacial score (nSPS) is 17.9. The maximum absolute atomic E-state index is 6.07. The Morgan fingerprint density at radius 3 is 2.80 bits per heavy atom. The Balaban J connectivity index is 1.95. The van der Waals surface area contributed by atoms with Gasteiger partial charge in [0, 0.05) is 18.8 Å². The second kappa shape index (κ2) is 5.70. The van der Waals surface area contributed by atoms with Crippen LogP contribution in [0.25, 0.3) is 11.2 Å². The summed E-state index contributed by atoms with van der Waals surface area (Å²) in [5.74, 6) is 1.36. The van der Waals surface area contributed by atoms with Gasteiger partial charge >= 0.3 is 0 Å². The number of halogens is 1. The number of imidazole rings is 1. The number of alkyl halides is 1. The van der Waals surface area contributed by atoms with Crippen LogP contribution in [0.1, 0.15) is 31.2 Å². The first-order valence-corrected chi connectivity index (χ1v) is 7.85. The van der Waals surface area contributed by atoms with Gasteiger partial charge in [-0.25, -0.2) is 9.97 Å². The highest BCUT2D eigenvalue weighted by Gasteiger charge is 2.21. The van der Waals surface area contributed by atoms with Crippen LogP contribution in [0.4, 0.5) is 0 Å². The van der Waals surface area contributed by atoms with Crippen LogP contribution < -0.4 is 0 Å². The molecule has 0 bridgehead atoms. The Morgan fingerprint density at radius 1 is 1.35 bits per heavy atom. The SMILES string of the molecule is Cc1ccnc2c1nc(CCl)n2CC(C)N1CCCC1. The van der Waals surface area contributed by atoms with Gasteiger partial charge < -0.3 is 4.57 Å². The Hall–Kier alpha value is -1.13. The zero-order valence-corrected chi connectivity index (χ0v) is 12.9. The van der Waals surface area contributed by atoms with Crippen molar-refractivity contribution in [2.75, 3.05) is 13.1 Å². The minimum absolute atomic E-state index is 0.433. The average Bonchev–Trinajstić information content (AvgIpc) is 3.07. The highest BCUT2D eigenvalue weighted by molar-refractivity contribution is 6.16. The average molecular weight is 293 g/mol. The zero-order valence-electron chi connectivity index (χ0n) is 12.1. The molecule has 5 heteroatoms. The molecule has 2 aromatic heterocycles. The minimum atomic E-state index is 0.433. The molecule has 0 N–H and O–H groups in total. The van der Waals surface area contributed by atoms with E-state index < -0.39 is 0 Å². The summed E-state index contributed by atoms with van der Waals surface area (Å²) in [6.07, 6.45) is 4.48. The van der Waals surface area contributed by atoms with Crippen molar-refractivity contribution >= 4 is 22.8 Å². The number of hydrogen-bond donors (Lipinski definition) is 0. The van der Waals surface area contributed by atoms with E-state index in [2.05, 4.69) is 33.3 Å². The fraction of sp³-hybridized carbons (Fsp3) is 0.600. The summed E-state index contributed by atoms with van der Waals surface area (Å²) in [5.41, 5.74) is 3.11. The van der Waals surface area contributed by atoms with Gasteiger partial charge in [-0.15, -0.1) is 11.6 Å². The molecule has 3 heterocycles. The molecular formula is C15H21ClN4. The highest BCUT2D eigenvalue weighted by Crippen LogP contribution is 2.21. The number of nitrogens with zero attached hydrogens (tertiary/aromatic N) is 4. The van der Waals surface area contributed by atoms with Gasteiger partial charge in [0.25, 0.3) is 0 Å². The van der Waals surface area contributed by atoms with Crippen LogP contribution in [0.2, 0.25) is 0 Å². The molecule has 1 aliphatic rings. The van der Waals surface area contributed by atoms with Crippen LogP contribution in [0.15, 0.2) is 12.3 Å². The number of fused-ring (bicyclic) bond motifs is 1. The number of aryl methyl sites for hydroxylation is 1. The zero-order chi connectivity index (χ0) is 14.1. The van der Waals surface area contributed by atoms with Gasteiger partial charge in [-0.1, -0.05) is 0 Å². The Kier molecular flexibility index (Phi) is 3.94. The summed E-state index contributed by atoms with van der Waals surface area (Å²) in [7, 11) is 0. The molecule has 3 rings (SSSR count). The van der Waals surface area contributed by atoms with E-state index in [9.17, 15) is 0 Å². The number of rotatable bonds is 4. The first-order valence-electron chi connectivity index (χ1n) is 7.31. The fourth-order valence-corrected chi connectivity index (χ4v) is 3.24. The fourth-order valence-electron chi connectivity index (χ4n) is 3.04. The molecule has 20 heavy (non-hydrogen) atoms. The Morgan fingerprint density at radius 2 is 2.10 bits per heavy atom. The van der Waals surface area contributed by atoms with Crippen LogP contribution in [-0.4, -0.2) is 38.6 Å². The number of aromatic nitrogens is 3. The van der Waals surface area contributed by atoms with Crippen molar-refractivity contribution in [2.24, 2.45) is 0 Å².